The molecule has 2 nitrogen and oxygen atoms in total. The molecule has 0 fully saturated rings. The Morgan fingerprint density at radius 1 is 0.950 bits per heavy atom. The first-order valence-electron chi connectivity index (χ1n) is 5.02. The molecular formula is C11H4ClF6N2. The second kappa shape index (κ2) is 4.69. The number of rotatable bonds is 1. The largest absolute Gasteiger partial charge is 0.435 e. The molecule has 107 valence electrons. The molecule has 0 aliphatic rings. The zero-order valence-electron chi connectivity index (χ0n) is 9.35. The van der Waals surface area contributed by atoms with Crippen molar-refractivity contribution in [3.8, 4) is 5.69 Å². The van der Waals surface area contributed by atoms with Gasteiger partial charge in [0.15, 0.2) is 5.69 Å². The van der Waals surface area contributed by atoms with E-state index in [1.54, 1.807) is 6.07 Å². The predicted octanol–water partition coefficient (Wildman–Crippen LogP) is 4.36. The van der Waals surface area contributed by atoms with Gasteiger partial charge in [0.25, 0.3) is 0 Å². The first-order chi connectivity index (χ1) is 9.09. The highest BCUT2D eigenvalue weighted by atomic mass is 35.5. The van der Waals surface area contributed by atoms with Crippen molar-refractivity contribution in [2.24, 2.45) is 0 Å². The van der Waals surface area contributed by atoms with Crippen LogP contribution in [0.15, 0.2) is 24.3 Å². The minimum absolute atomic E-state index is 0.0326. The van der Waals surface area contributed by atoms with Crippen LogP contribution in [0.2, 0.25) is 5.15 Å². The lowest BCUT2D eigenvalue weighted by Gasteiger charge is -2.08. The summed E-state index contributed by atoms with van der Waals surface area (Å²) in [5.74, 6) is 0. The normalized spacial score (nSPS) is 12.8. The van der Waals surface area contributed by atoms with Crippen molar-refractivity contribution >= 4 is 11.6 Å². The maximum absolute atomic E-state index is 12.4. The van der Waals surface area contributed by atoms with Gasteiger partial charge in [-0.1, -0.05) is 11.6 Å². The van der Waals surface area contributed by atoms with Gasteiger partial charge in [-0.25, -0.2) is 4.68 Å². The van der Waals surface area contributed by atoms with Crippen LogP contribution >= 0.6 is 11.6 Å². The van der Waals surface area contributed by atoms with Gasteiger partial charge in [0.05, 0.1) is 17.3 Å². The molecule has 0 saturated heterocycles. The second-order valence-electron chi connectivity index (χ2n) is 3.72. The van der Waals surface area contributed by atoms with Crippen LogP contribution in [0, 0.1) is 6.07 Å². The van der Waals surface area contributed by atoms with Gasteiger partial charge in [-0.15, -0.1) is 0 Å². The van der Waals surface area contributed by atoms with Crippen molar-refractivity contribution in [1.82, 2.24) is 9.78 Å². The van der Waals surface area contributed by atoms with E-state index in [-0.39, 0.29) is 5.69 Å². The van der Waals surface area contributed by atoms with E-state index in [0.29, 0.717) is 4.68 Å². The number of hydrogen-bond donors (Lipinski definition) is 0. The molecule has 1 aromatic heterocycles. The number of nitrogens with zero attached hydrogens (tertiary/aromatic N) is 2. The number of benzene rings is 1. The first kappa shape index (κ1) is 14.7. The summed E-state index contributed by atoms with van der Waals surface area (Å²) in [6, 6.07) is 5.18. The smallest absolute Gasteiger partial charge is 0.221 e. The summed E-state index contributed by atoms with van der Waals surface area (Å²) in [7, 11) is 0. The van der Waals surface area contributed by atoms with Gasteiger partial charge in [0.2, 0.25) is 0 Å². The van der Waals surface area contributed by atoms with Gasteiger partial charge in [0.1, 0.15) is 5.15 Å². The average molecular weight is 314 g/mol. The monoisotopic (exact) mass is 313 g/mol. The zero-order valence-corrected chi connectivity index (χ0v) is 10.1. The van der Waals surface area contributed by atoms with Crippen molar-refractivity contribution in [1.29, 1.82) is 0 Å². The molecule has 0 atom stereocenters. The molecule has 0 aliphatic heterocycles. The molecule has 9 heteroatoms. The van der Waals surface area contributed by atoms with E-state index in [1.807, 2.05) is 0 Å². The van der Waals surface area contributed by atoms with Crippen LogP contribution in [0.25, 0.3) is 5.69 Å². The van der Waals surface area contributed by atoms with E-state index in [1.165, 1.54) is 0 Å². The summed E-state index contributed by atoms with van der Waals surface area (Å²) in [6.07, 6.45) is -9.27. The second-order valence-corrected chi connectivity index (χ2v) is 4.08. The van der Waals surface area contributed by atoms with Gasteiger partial charge in [0, 0.05) is 0 Å². The molecule has 0 N–H and O–H groups in total. The Labute approximate surface area is 113 Å². The van der Waals surface area contributed by atoms with Crippen LogP contribution in [0.4, 0.5) is 26.3 Å². The Balaban J connectivity index is 2.40. The fourth-order valence-electron chi connectivity index (χ4n) is 1.41. The van der Waals surface area contributed by atoms with Crippen LogP contribution in [0.1, 0.15) is 11.3 Å². The van der Waals surface area contributed by atoms with E-state index in [4.69, 9.17) is 11.6 Å². The highest BCUT2D eigenvalue weighted by molar-refractivity contribution is 6.29. The summed E-state index contributed by atoms with van der Waals surface area (Å²) < 4.78 is 74.9. The summed E-state index contributed by atoms with van der Waals surface area (Å²) in [5, 5.41) is 2.69. The van der Waals surface area contributed by atoms with E-state index in [2.05, 4.69) is 5.10 Å². The number of aromatic nitrogens is 2. The summed E-state index contributed by atoms with van der Waals surface area (Å²) >= 11 is 5.54. The number of alkyl halides is 6. The zero-order chi connectivity index (χ0) is 15.1. The SMILES string of the molecule is FC(F)(F)c1ccc(-n2nc(C(F)(F)F)[c]c2Cl)cc1. The molecule has 0 amide bonds. The fraction of sp³-hybridized carbons (Fsp3) is 0.182. The maximum atomic E-state index is 12.4. The first-order valence-corrected chi connectivity index (χ1v) is 5.39. The lowest BCUT2D eigenvalue weighted by molar-refractivity contribution is -0.141. The van der Waals surface area contributed by atoms with Crippen LogP contribution in [-0.4, -0.2) is 9.78 Å². The Kier molecular flexibility index (Phi) is 3.45. The summed E-state index contributed by atoms with van der Waals surface area (Å²) in [6.45, 7) is 0. The maximum Gasteiger partial charge on any atom is 0.435 e. The van der Waals surface area contributed by atoms with Crippen molar-refractivity contribution in [3.05, 3.63) is 46.7 Å². The van der Waals surface area contributed by atoms with Gasteiger partial charge < -0.3 is 0 Å². The third-order valence-electron chi connectivity index (χ3n) is 2.32. The van der Waals surface area contributed by atoms with Crippen LogP contribution in [0.5, 0.6) is 0 Å². The van der Waals surface area contributed by atoms with Crippen molar-refractivity contribution < 1.29 is 26.3 Å². The molecule has 1 aromatic carbocycles. The quantitative estimate of drug-likeness (QED) is 0.715. The molecule has 1 heterocycles. The molecule has 1 radical (unpaired) electrons. The molecule has 0 saturated carbocycles. The Bertz CT molecular complexity index is 611. The Morgan fingerprint density at radius 3 is 1.90 bits per heavy atom. The van der Waals surface area contributed by atoms with Gasteiger partial charge in [-0.2, -0.15) is 31.4 Å². The Morgan fingerprint density at radius 2 is 1.50 bits per heavy atom. The molecule has 0 bridgehead atoms. The van der Waals surface area contributed by atoms with Crippen LogP contribution < -0.4 is 0 Å². The summed E-state index contributed by atoms with van der Waals surface area (Å²) in [5.41, 5.74) is -2.30. The van der Waals surface area contributed by atoms with Crippen LogP contribution in [0.3, 0.4) is 0 Å². The molecule has 0 spiro atoms. The van der Waals surface area contributed by atoms with E-state index in [9.17, 15) is 26.3 Å². The van der Waals surface area contributed by atoms with Crippen molar-refractivity contribution in [3.63, 3.8) is 0 Å². The lowest BCUT2D eigenvalue weighted by Crippen LogP contribution is -2.08. The molecule has 20 heavy (non-hydrogen) atoms. The van der Waals surface area contributed by atoms with Crippen LogP contribution in [-0.2, 0) is 12.4 Å². The molecule has 2 rings (SSSR count). The van der Waals surface area contributed by atoms with Gasteiger partial charge >= 0.3 is 12.4 Å². The topological polar surface area (TPSA) is 17.8 Å². The standard InChI is InChI=1S/C11H4ClF6N2/c12-9-5-8(11(16,17)18)19-20(9)7-3-1-6(2-4-7)10(13,14)15/h1-4H. The minimum Gasteiger partial charge on any atom is -0.221 e. The van der Waals surface area contributed by atoms with Crippen molar-refractivity contribution in [2.45, 2.75) is 12.4 Å². The van der Waals surface area contributed by atoms with E-state index < -0.39 is 28.8 Å². The van der Waals surface area contributed by atoms with Gasteiger partial charge in [-0.05, 0) is 24.3 Å². The third kappa shape index (κ3) is 2.90. The fourth-order valence-corrected chi connectivity index (χ4v) is 1.63. The number of hydrogen-bond acceptors (Lipinski definition) is 1. The van der Waals surface area contributed by atoms with Gasteiger partial charge in [-0.3, -0.25) is 0 Å². The summed E-state index contributed by atoms with van der Waals surface area (Å²) in [4.78, 5) is 0. The predicted molar refractivity (Wildman–Crippen MR) is 57.4 cm³/mol. The number of halogens is 7. The Hall–Kier alpha value is -1.70. The lowest BCUT2D eigenvalue weighted by atomic mass is 10.2. The van der Waals surface area contributed by atoms with Crippen molar-refractivity contribution in [2.75, 3.05) is 0 Å². The van der Waals surface area contributed by atoms with E-state index >= 15 is 0 Å². The minimum atomic E-state index is -4.74. The third-order valence-corrected chi connectivity index (χ3v) is 2.57. The molecule has 0 unspecified atom stereocenters. The highest BCUT2D eigenvalue weighted by Crippen LogP contribution is 2.32. The molecule has 0 aliphatic carbocycles. The average Bonchev–Trinajstić information content (AvgIpc) is 2.70. The highest BCUT2D eigenvalue weighted by Gasteiger charge is 2.35. The molecule has 2 aromatic rings. The van der Waals surface area contributed by atoms with E-state index in [0.717, 1.165) is 24.3 Å². The molecular weight excluding hydrogens is 310 g/mol.